The van der Waals surface area contributed by atoms with Crippen molar-refractivity contribution in [1.29, 1.82) is 0 Å². The molecule has 6 heteroatoms. The maximum Gasteiger partial charge on any atom is 0.268 e. The Kier molecular flexibility index (Phi) is 3.63. The highest BCUT2D eigenvalue weighted by Gasteiger charge is 2.23. The number of ether oxygens (including phenoxy) is 1. The van der Waals surface area contributed by atoms with E-state index in [4.69, 9.17) is 4.74 Å². The fourth-order valence-corrected chi connectivity index (χ4v) is 3.31. The Morgan fingerprint density at radius 3 is 3.26 bits per heavy atom. The average Bonchev–Trinajstić information content (AvgIpc) is 3.05. The van der Waals surface area contributed by atoms with E-state index in [0.29, 0.717) is 29.2 Å². The molecule has 5 nitrogen and oxygen atoms in total. The number of rotatable bonds is 4. The van der Waals surface area contributed by atoms with E-state index >= 15 is 0 Å². The second-order valence-corrected chi connectivity index (χ2v) is 5.81. The molecule has 0 aromatic carbocycles. The van der Waals surface area contributed by atoms with Gasteiger partial charge in [-0.15, -0.1) is 11.3 Å². The second-order valence-electron chi connectivity index (χ2n) is 4.90. The number of nitrogens with zero attached hydrogens (tertiary/aromatic N) is 1. The van der Waals surface area contributed by atoms with E-state index in [1.807, 2.05) is 11.4 Å². The van der Waals surface area contributed by atoms with Gasteiger partial charge in [-0.25, -0.2) is 4.98 Å². The van der Waals surface area contributed by atoms with Crippen LogP contribution in [-0.2, 0) is 11.3 Å². The average molecular weight is 279 g/mol. The second kappa shape index (κ2) is 5.40. The van der Waals surface area contributed by atoms with Gasteiger partial charge < -0.3 is 15.0 Å². The SMILES string of the molecule is COC1CCC(NCc2nc3ccsc3c(=O)[nH]2)C1. The molecule has 0 bridgehead atoms. The molecular formula is C13H17N3O2S. The van der Waals surface area contributed by atoms with Gasteiger partial charge in [0.25, 0.3) is 5.56 Å². The molecule has 0 aliphatic heterocycles. The molecule has 102 valence electrons. The summed E-state index contributed by atoms with van der Waals surface area (Å²) < 4.78 is 6.05. The molecule has 0 amide bonds. The maximum atomic E-state index is 11.8. The highest BCUT2D eigenvalue weighted by atomic mass is 32.1. The molecule has 2 aromatic rings. The highest BCUT2D eigenvalue weighted by Crippen LogP contribution is 2.21. The zero-order valence-electron chi connectivity index (χ0n) is 10.8. The smallest absolute Gasteiger partial charge is 0.268 e. The molecule has 2 N–H and O–H groups in total. The molecule has 2 atom stereocenters. The van der Waals surface area contributed by atoms with Crippen LogP contribution in [0.25, 0.3) is 10.2 Å². The number of nitrogens with one attached hydrogen (secondary N) is 2. The number of fused-ring (bicyclic) bond motifs is 1. The summed E-state index contributed by atoms with van der Waals surface area (Å²) in [5, 5.41) is 5.33. The fraction of sp³-hybridized carbons (Fsp3) is 0.538. The van der Waals surface area contributed by atoms with E-state index in [1.54, 1.807) is 7.11 Å². The minimum Gasteiger partial charge on any atom is -0.381 e. The van der Waals surface area contributed by atoms with Gasteiger partial charge in [0.2, 0.25) is 0 Å². The summed E-state index contributed by atoms with van der Waals surface area (Å²) in [6.07, 6.45) is 3.61. The number of hydrogen-bond acceptors (Lipinski definition) is 5. The van der Waals surface area contributed by atoms with E-state index < -0.39 is 0 Å². The minimum absolute atomic E-state index is 0.0435. The summed E-state index contributed by atoms with van der Waals surface area (Å²) in [6.45, 7) is 0.599. The first-order valence-corrected chi connectivity index (χ1v) is 7.37. The normalized spacial score (nSPS) is 23.2. The van der Waals surface area contributed by atoms with Crippen molar-refractivity contribution >= 4 is 21.6 Å². The van der Waals surface area contributed by atoms with Gasteiger partial charge >= 0.3 is 0 Å². The molecule has 19 heavy (non-hydrogen) atoms. The number of aromatic nitrogens is 2. The molecule has 2 heterocycles. The van der Waals surface area contributed by atoms with Gasteiger partial charge in [-0.05, 0) is 30.7 Å². The van der Waals surface area contributed by atoms with E-state index in [0.717, 1.165) is 24.8 Å². The van der Waals surface area contributed by atoms with Gasteiger partial charge in [-0.1, -0.05) is 0 Å². The number of thiophene rings is 1. The quantitative estimate of drug-likeness (QED) is 0.893. The monoisotopic (exact) mass is 279 g/mol. The predicted molar refractivity (Wildman–Crippen MR) is 75.5 cm³/mol. The lowest BCUT2D eigenvalue weighted by Gasteiger charge is -2.12. The molecule has 1 aliphatic carbocycles. The highest BCUT2D eigenvalue weighted by molar-refractivity contribution is 7.17. The molecular weight excluding hydrogens is 262 g/mol. The van der Waals surface area contributed by atoms with Crippen LogP contribution in [0.4, 0.5) is 0 Å². The van der Waals surface area contributed by atoms with Crippen LogP contribution >= 0.6 is 11.3 Å². The third-order valence-electron chi connectivity index (χ3n) is 3.64. The van der Waals surface area contributed by atoms with Gasteiger partial charge in [-0.3, -0.25) is 4.79 Å². The maximum absolute atomic E-state index is 11.8. The lowest BCUT2D eigenvalue weighted by Crippen LogP contribution is -2.28. The number of methoxy groups -OCH3 is 1. The number of hydrogen-bond donors (Lipinski definition) is 2. The van der Waals surface area contributed by atoms with Crippen LogP contribution in [0.2, 0.25) is 0 Å². The third kappa shape index (κ3) is 2.70. The number of aromatic amines is 1. The standard InChI is InChI=1S/C13H17N3O2S/c1-18-9-3-2-8(6-9)14-7-11-15-10-4-5-19-12(10)13(17)16-11/h4-5,8-9,14H,2-3,6-7H2,1H3,(H,15,16,17). The van der Waals surface area contributed by atoms with Crippen molar-refractivity contribution in [2.45, 2.75) is 38.0 Å². The topological polar surface area (TPSA) is 67.0 Å². The van der Waals surface area contributed by atoms with Crippen molar-refractivity contribution in [3.63, 3.8) is 0 Å². The van der Waals surface area contributed by atoms with Crippen LogP contribution in [0.5, 0.6) is 0 Å². The molecule has 3 rings (SSSR count). The summed E-state index contributed by atoms with van der Waals surface area (Å²) in [7, 11) is 1.76. The number of H-pyrrole nitrogens is 1. The zero-order chi connectivity index (χ0) is 13.2. The first kappa shape index (κ1) is 12.8. The Morgan fingerprint density at radius 1 is 1.58 bits per heavy atom. The van der Waals surface area contributed by atoms with Crippen LogP contribution in [0.15, 0.2) is 16.2 Å². The van der Waals surface area contributed by atoms with Crippen LogP contribution in [0.1, 0.15) is 25.1 Å². The van der Waals surface area contributed by atoms with Crippen LogP contribution < -0.4 is 10.9 Å². The predicted octanol–water partition coefficient (Wildman–Crippen LogP) is 1.64. The molecule has 1 aliphatic rings. The van der Waals surface area contributed by atoms with Gasteiger partial charge in [0.05, 0.1) is 18.2 Å². The third-order valence-corrected chi connectivity index (χ3v) is 4.54. The summed E-state index contributed by atoms with van der Waals surface area (Å²) in [5.41, 5.74) is 0.740. The van der Waals surface area contributed by atoms with E-state index in [2.05, 4.69) is 15.3 Å². The first-order valence-electron chi connectivity index (χ1n) is 6.49. The van der Waals surface area contributed by atoms with Crippen molar-refractivity contribution < 1.29 is 4.74 Å². The van der Waals surface area contributed by atoms with Crippen LogP contribution in [0, 0.1) is 0 Å². The summed E-state index contributed by atoms with van der Waals surface area (Å²) in [6, 6.07) is 2.34. The van der Waals surface area contributed by atoms with E-state index in [-0.39, 0.29) is 5.56 Å². The zero-order valence-corrected chi connectivity index (χ0v) is 11.6. The van der Waals surface area contributed by atoms with Crippen LogP contribution in [-0.4, -0.2) is 29.2 Å². The molecule has 0 radical (unpaired) electrons. The lowest BCUT2D eigenvalue weighted by molar-refractivity contribution is 0.107. The minimum atomic E-state index is -0.0435. The van der Waals surface area contributed by atoms with Gasteiger partial charge in [0.15, 0.2) is 0 Å². The molecule has 2 aromatic heterocycles. The summed E-state index contributed by atoms with van der Waals surface area (Å²) in [5.74, 6) is 0.705. The van der Waals surface area contributed by atoms with Crippen molar-refractivity contribution in [1.82, 2.24) is 15.3 Å². The Morgan fingerprint density at radius 2 is 2.47 bits per heavy atom. The van der Waals surface area contributed by atoms with E-state index in [9.17, 15) is 4.79 Å². The molecule has 1 saturated carbocycles. The Balaban J connectivity index is 1.67. The van der Waals surface area contributed by atoms with Gasteiger partial charge in [-0.2, -0.15) is 0 Å². The van der Waals surface area contributed by atoms with Crippen molar-refractivity contribution in [2.24, 2.45) is 0 Å². The largest absolute Gasteiger partial charge is 0.381 e. The first-order chi connectivity index (χ1) is 9.26. The van der Waals surface area contributed by atoms with Crippen molar-refractivity contribution in [3.05, 3.63) is 27.6 Å². The Bertz CT molecular complexity index is 622. The van der Waals surface area contributed by atoms with Crippen LogP contribution in [0.3, 0.4) is 0 Å². The van der Waals surface area contributed by atoms with E-state index in [1.165, 1.54) is 11.3 Å². The summed E-state index contributed by atoms with van der Waals surface area (Å²) in [4.78, 5) is 19.1. The lowest BCUT2D eigenvalue weighted by atomic mass is 10.2. The Hall–Kier alpha value is -1.24. The Labute approximate surface area is 115 Å². The summed E-state index contributed by atoms with van der Waals surface area (Å²) >= 11 is 1.43. The van der Waals surface area contributed by atoms with Crippen molar-refractivity contribution in [3.8, 4) is 0 Å². The molecule has 2 unspecified atom stereocenters. The molecule has 0 saturated heterocycles. The molecule has 0 spiro atoms. The molecule has 1 fully saturated rings. The van der Waals surface area contributed by atoms with Gasteiger partial charge in [0, 0.05) is 13.2 Å². The fourth-order valence-electron chi connectivity index (χ4n) is 2.59. The van der Waals surface area contributed by atoms with Gasteiger partial charge in [0.1, 0.15) is 10.5 Å². The van der Waals surface area contributed by atoms with Crippen molar-refractivity contribution in [2.75, 3.05) is 7.11 Å².